The molecule has 0 radical (unpaired) electrons. The molecular weight excluding hydrogens is 400 g/mol. The Balaban J connectivity index is 1.30. The quantitative estimate of drug-likeness (QED) is 0.646. The van der Waals surface area contributed by atoms with Gasteiger partial charge in [-0.15, -0.1) is 0 Å². The highest BCUT2D eigenvalue weighted by atomic mass is 16.6. The van der Waals surface area contributed by atoms with Crippen LogP contribution in [0.4, 0.5) is 0 Å². The minimum Gasteiger partial charge on any atom is -0.486 e. The molecule has 0 aliphatic carbocycles. The van der Waals surface area contributed by atoms with Crippen molar-refractivity contribution in [1.29, 1.82) is 0 Å². The number of fused-ring (bicyclic) bond motifs is 1. The van der Waals surface area contributed by atoms with Gasteiger partial charge in [0.2, 0.25) is 5.91 Å². The van der Waals surface area contributed by atoms with Crippen molar-refractivity contribution in [3.05, 3.63) is 47.4 Å². The smallest absolute Gasteiger partial charge is 0.220 e. The van der Waals surface area contributed by atoms with E-state index in [9.17, 15) is 9.59 Å². The first-order valence-electron chi connectivity index (χ1n) is 10.7. The van der Waals surface area contributed by atoms with Crippen molar-refractivity contribution in [3.8, 4) is 11.5 Å². The third-order valence-electron chi connectivity index (χ3n) is 5.51. The van der Waals surface area contributed by atoms with Crippen molar-refractivity contribution < 1.29 is 28.2 Å². The predicted molar refractivity (Wildman–Crippen MR) is 113 cm³/mol. The van der Waals surface area contributed by atoms with Gasteiger partial charge < -0.3 is 23.9 Å². The Labute approximate surface area is 181 Å². The SMILES string of the molecule is Cc1ccc(C(CNC(=O)CCC(=O)c2ccc3c(c2)OCCO3)N2CCOCC2)o1. The van der Waals surface area contributed by atoms with Crippen LogP contribution in [-0.2, 0) is 9.53 Å². The molecular formula is C23H28N2O6. The van der Waals surface area contributed by atoms with Crippen LogP contribution in [0, 0.1) is 6.92 Å². The number of carbonyl (C=O) groups excluding carboxylic acids is 2. The van der Waals surface area contributed by atoms with Gasteiger partial charge in [0.1, 0.15) is 24.7 Å². The summed E-state index contributed by atoms with van der Waals surface area (Å²) in [7, 11) is 0. The Morgan fingerprint density at radius 2 is 1.77 bits per heavy atom. The fourth-order valence-electron chi connectivity index (χ4n) is 3.82. The number of nitrogens with zero attached hydrogens (tertiary/aromatic N) is 1. The van der Waals surface area contributed by atoms with E-state index in [0.717, 1.165) is 24.6 Å². The zero-order chi connectivity index (χ0) is 21.6. The van der Waals surface area contributed by atoms with Gasteiger partial charge in [0, 0.05) is 38.0 Å². The number of hydrogen-bond acceptors (Lipinski definition) is 7. The molecule has 2 aliphatic heterocycles. The molecule has 2 aromatic rings. The maximum atomic E-state index is 12.5. The van der Waals surface area contributed by atoms with Gasteiger partial charge >= 0.3 is 0 Å². The first-order valence-corrected chi connectivity index (χ1v) is 10.7. The monoisotopic (exact) mass is 428 g/mol. The van der Waals surface area contributed by atoms with Crippen LogP contribution in [-0.4, -0.2) is 62.7 Å². The molecule has 1 unspecified atom stereocenters. The van der Waals surface area contributed by atoms with E-state index >= 15 is 0 Å². The molecule has 1 fully saturated rings. The highest BCUT2D eigenvalue weighted by Gasteiger charge is 2.26. The lowest BCUT2D eigenvalue weighted by molar-refractivity contribution is -0.121. The van der Waals surface area contributed by atoms with Crippen LogP contribution in [0.25, 0.3) is 0 Å². The summed E-state index contributed by atoms with van der Waals surface area (Å²) in [5, 5.41) is 2.97. The summed E-state index contributed by atoms with van der Waals surface area (Å²) in [6.45, 7) is 6.18. The summed E-state index contributed by atoms with van der Waals surface area (Å²) in [5.74, 6) is 2.62. The normalized spacial score (nSPS) is 17.2. The molecule has 1 aromatic carbocycles. The summed E-state index contributed by atoms with van der Waals surface area (Å²) in [5.41, 5.74) is 0.523. The second-order valence-electron chi connectivity index (χ2n) is 7.70. The molecule has 31 heavy (non-hydrogen) atoms. The number of hydrogen-bond donors (Lipinski definition) is 1. The van der Waals surface area contributed by atoms with Gasteiger partial charge in [-0.1, -0.05) is 0 Å². The van der Waals surface area contributed by atoms with Gasteiger partial charge in [-0.2, -0.15) is 0 Å². The van der Waals surface area contributed by atoms with Crippen molar-refractivity contribution >= 4 is 11.7 Å². The van der Waals surface area contributed by atoms with Crippen molar-refractivity contribution in [3.63, 3.8) is 0 Å². The molecule has 1 atom stereocenters. The molecule has 1 saturated heterocycles. The average Bonchev–Trinajstić information content (AvgIpc) is 3.23. The van der Waals surface area contributed by atoms with Crippen molar-refractivity contribution in [2.24, 2.45) is 0 Å². The number of furan rings is 1. The first kappa shape index (κ1) is 21.4. The predicted octanol–water partition coefficient (Wildman–Crippen LogP) is 2.51. The fourth-order valence-corrected chi connectivity index (χ4v) is 3.82. The number of aryl methyl sites for hydroxylation is 1. The van der Waals surface area contributed by atoms with Gasteiger partial charge in [0.25, 0.3) is 0 Å². The number of nitrogens with one attached hydrogen (secondary N) is 1. The lowest BCUT2D eigenvalue weighted by atomic mass is 10.1. The highest BCUT2D eigenvalue weighted by Crippen LogP contribution is 2.31. The third-order valence-corrected chi connectivity index (χ3v) is 5.51. The van der Waals surface area contributed by atoms with E-state index in [1.165, 1.54) is 0 Å². The highest BCUT2D eigenvalue weighted by molar-refractivity contribution is 5.98. The van der Waals surface area contributed by atoms with E-state index in [0.29, 0.717) is 50.0 Å². The topological polar surface area (TPSA) is 90.2 Å². The van der Waals surface area contributed by atoms with Crippen molar-refractivity contribution in [2.75, 3.05) is 46.1 Å². The van der Waals surface area contributed by atoms with E-state index in [4.69, 9.17) is 18.6 Å². The number of rotatable bonds is 8. The number of ketones is 1. The molecule has 0 spiro atoms. The van der Waals surface area contributed by atoms with Crippen LogP contribution < -0.4 is 14.8 Å². The number of carbonyl (C=O) groups is 2. The van der Waals surface area contributed by atoms with Crippen LogP contribution in [0.5, 0.6) is 11.5 Å². The number of Topliss-reactive ketones (excluding diaryl/α,β-unsaturated/α-hetero) is 1. The zero-order valence-corrected chi connectivity index (χ0v) is 17.7. The minimum absolute atomic E-state index is 0.0601. The second-order valence-corrected chi connectivity index (χ2v) is 7.70. The van der Waals surface area contributed by atoms with Crippen LogP contribution in [0.3, 0.4) is 0 Å². The Morgan fingerprint density at radius 3 is 2.52 bits per heavy atom. The molecule has 166 valence electrons. The van der Waals surface area contributed by atoms with E-state index in [1.54, 1.807) is 18.2 Å². The van der Waals surface area contributed by atoms with E-state index in [-0.39, 0.29) is 30.6 Å². The minimum atomic E-state index is -0.160. The average molecular weight is 428 g/mol. The van der Waals surface area contributed by atoms with Gasteiger partial charge in [0.15, 0.2) is 17.3 Å². The molecule has 4 rings (SSSR count). The van der Waals surface area contributed by atoms with Crippen LogP contribution in [0.1, 0.15) is 40.8 Å². The molecule has 0 saturated carbocycles. The summed E-state index contributed by atoms with van der Waals surface area (Å²) < 4.78 is 22.3. The standard InChI is InChI=1S/C23H28N2O6/c1-16-2-5-20(31-16)18(25-8-10-28-11-9-25)15-24-23(27)7-4-19(26)17-3-6-21-22(14-17)30-13-12-29-21/h2-3,5-6,14,18H,4,7-13,15H2,1H3,(H,24,27). The van der Waals surface area contributed by atoms with Gasteiger partial charge in [0.05, 0.1) is 19.3 Å². The zero-order valence-electron chi connectivity index (χ0n) is 17.7. The molecule has 8 nitrogen and oxygen atoms in total. The summed E-state index contributed by atoms with van der Waals surface area (Å²) in [4.78, 5) is 27.2. The van der Waals surface area contributed by atoms with Crippen molar-refractivity contribution in [1.82, 2.24) is 10.2 Å². The molecule has 1 aromatic heterocycles. The largest absolute Gasteiger partial charge is 0.486 e. The second kappa shape index (κ2) is 9.98. The summed E-state index contributed by atoms with van der Waals surface area (Å²) in [6, 6.07) is 8.95. The van der Waals surface area contributed by atoms with E-state index in [2.05, 4.69) is 10.2 Å². The van der Waals surface area contributed by atoms with Crippen molar-refractivity contribution in [2.45, 2.75) is 25.8 Å². The lowest BCUT2D eigenvalue weighted by Crippen LogP contribution is -2.43. The number of morpholine rings is 1. The van der Waals surface area contributed by atoms with Gasteiger partial charge in [-0.25, -0.2) is 0 Å². The van der Waals surface area contributed by atoms with E-state index < -0.39 is 0 Å². The number of ether oxygens (including phenoxy) is 3. The van der Waals surface area contributed by atoms with Crippen LogP contribution in [0.15, 0.2) is 34.7 Å². The summed E-state index contributed by atoms with van der Waals surface area (Å²) >= 11 is 0. The molecule has 8 heteroatoms. The maximum absolute atomic E-state index is 12.5. The Bertz CT molecular complexity index is 919. The third kappa shape index (κ3) is 5.45. The molecule has 0 bridgehead atoms. The number of benzene rings is 1. The first-order chi connectivity index (χ1) is 15.1. The Hall–Kier alpha value is -2.84. The molecule has 1 amide bonds. The molecule has 3 heterocycles. The molecule has 2 aliphatic rings. The lowest BCUT2D eigenvalue weighted by Gasteiger charge is -2.33. The van der Waals surface area contributed by atoms with Crippen LogP contribution >= 0.6 is 0 Å². The summed E-state index contributed by atoms with van der Waals surface area (Å²) in [6.07, 6.45) is 0.258. The van der Waals surface area contributed by atoms with E-state index in [1.807, 2.05) is 19.1 Å². The van der Waals surface area contributed by atoms with Gasteiger partial charge in [-0.3, -0.25) is 14.5 Å². The Morgan fingerprint density at radius 1 is 1.00 bits per heavy atom. The van der Waals surface area contributed by atoms with Gasteiger partial charge in [-0.05, 0) is 37.3 Å². The maximum Gasteiger partial charge on any atom is 0.220 e. The van der Waals surface area contributed by atoms with Crippen LogP contribution in [0.2, 0.25) is 0 Å². The fraction of sp³-hybridized carbons (Fsp3) is 0.478. The number of amides is 1. The molecule has 1 N–H and O–H groups in total. The Kier molecular flexibility index (Phi) is 6.89.